The third kappa shape index (κ3) is 3.93. The van der Waals surface area contributed by atoms with Crippen LogP contribution in [0.25, 0.3) is 5.76 Å². The van der Waals surface area contributed by atoms with Gasteiger partial charge in [0.15, 0.2) is 11.4 Å². The average Bonchev–Trinajstić information content (AvgIpc) is 2.70. The zero-order valence-corrected chi connectivity index (χ0v) is 20.0. The lowest BCUT2D eigenvalue weighted by Crippen LogP contribution is -2.65. The van der Waals surface area contributed by atoms with Crippen LogP contribution in [0.5, 0.6) is 5.75 Å². The van der Waals surface area contributed by atoms with E-state index >= 15 is 0 Å². The molecule has 6 N–H and O–H groups in total. The summed E-state index contributed by atoms with van der Waals surface area (Å²) in [6, 6.07) is 2.01. The number of phenols is 1. The first-order valence-corrected chi connectivity index (χ1v) is 10.5. The number of nitrogens with zero attached hydrogens (tertiary/aromatic N) is 2. The summed E-state index contributed by atoms with van der Waals surface area (Å²) in [4.78, 5) is 42.0. The summed E-state index contributed by atoms with van der Waals surface area (Å²) in [5.41, 5.74) is 3.15. The number of fused-ring (bicyclic) bond motifs is 3. The lowest BCUT2D eigenvalue weighted by Gasteiger charge is -2.50. The number of carbonyl (C=O) groups excluding carboxylic acids is 3. The molecule has 0 unspecified atom stereocenters. The minimum Gasteiger partial charge on any atom is -0.508 e. The fourth-order valence-corrected chi connectivity index (χ4v) is 5.65. The number of ketones is 2. The van der Waals surface area contributed by atoms with Crippen LogP contribution in [0.1, 0.15) is 32.4 Å². The molecule has 0 aromatic heterocycles. The second kappa shape index (κ2) is 10.1. The largest absolute Gasteiger partial charge is 0.508 e. The SMILES string of the molecule is C.C.CN(C)c1ccc(O)c2c1C[C@H]1C[C@H]3[C@H](N(C)C)C(=O)C(C(N)=O)=C(O)[C@@]3(O)C(=O)C1=C2O.Cl. The van der Waals surface area contributed by atoms with Crippen molar-refractivity contribution in [3.63, 3.8) is 0 Å². The highest BCUT2D eigenvalue weighted by Crippen LogP contribution is 2.53. The molecule has 200 valence electrons. The number of hydrogen-bond donors (Lipinski definition) is 5. The normalized spacial score (nSPS) is 26.7. The van der Waals surface area contributed by atoms with Gasteiger partial charge in [-0.3, -0.25) is 19.3 Å². The van der Waals surface area contributed by atoms with Crippen LogP contribution in [0.3, 0.4) is 0 Å². The molecular weight excluding hydrogens is 490 g/mol. The van der Waals surface area contributed by atoms with E-state index in [-0.39, 0.29) is 57.0 Å². The first kappa shape index (κ1) is 31.0. The van der Waals surface area contributed by atoms with E-state index in [0.29, 0.717) is 5.56 Å². The molecule has 0 radical (unpaired) electrons. The molecule has 1 saturated carbocycles. The number of likely N-dealkylation sites (N-methyl/N-ethyl adjacent to an activating group) is 1. The van der Waals surface area contributed by atoms with Crippen molar-refractivity contribution in [1.82, 2.24) is 4.90 Å². The summed E-state index contributed by atoms with van der Waals surface area (Å²) in [7, 11) is 6.75. The molecule has 0 heterocycles. The molecule has 3 aliphatic carbocycles. The van der Waals surface area contributed by atoms with E-state index in [1.165, 1.54) is 11.0 Å². The minimum absolute atomic E-state index is 0. The van der Waals surface area contributed by atoms with Gasteiger partial charge in [-0.15, -0.1) is 12.4 Å². The Morgan fingerprint density at radius 3 is 2.17 bits per heavy atom. The first-order valence-electron chi connectivity index (χ1n) is 10.5. The second-order valence-electron chi connectivity index (χ2n) is 9.31. The molecule has 4 rings (SSSR count). The van der Waals surface area contributed by atoms with E-state index in [2.05, 4.69) is 0 Å². The number of aliphatic hydroxyl groups is 3. The summed E-state index contributed by atoms with van der Waals surface area (Å²) in [6.07, 6.45) is 0.324. The van der Waals surface area contributed by atoms with Crippen molar-refractivity contribution in [1.29, 1.82) is 0 Å². The summed E-state index contributed by atoms with van der Waals surface area (Å²) in [5, 5.41) is 43.9. The first-order chi connectivity index (χ1) is 15.3. The quantitative estimate of drug-likeness (QED) is 0.369. The lowest BCUT2D eigenvalue weighted by atomic mass is 9.57. The van der Waals surface area contributed by atoms with Gasteiger partial charge in [0.25, 0.3) is 5.91 Å². The molecule has 36 heavy (non-hydrogen) atoms. The second-order valence-corrected chi connectivity index (χ2v) is 9.31. The highest BCUT2D eigenvalue weighted by molar-refractivity contribution is 6.24. The molecule has 1 amide bonds. The van der Waals surface area contributed by atoms with Gasteiger partial charge in [-0.2, -0.15) is 0 Å². The van der Waals surface area contributed by atoms with Crippen molar-refractivity contribution in [2.45, 2.75) is 39.3 Å². The molecule has 3 aliphatic rings. The predicted molar refractivity (Wildman–Crippen MR) is 139 cm³/mol. The predicted octanol–water partition coefficient (Wildman–Crippen LogP) is 1.72. The smallest absolute Gasteiger partial charge is 0.255 e. The van der Waals surface area contributed by atoms with Crippen LogP contribution in [0, 0.1) is 11.8 Å². The van der Waals surface area contributed by atoms with Crippen molar-refractivity contribution >= 4 is 41.3 Å². The molecule has 1 aromatic rings. The van der Waals surface area contributed by atoms with Gasteiger partial charge in [-0.25, -0.2) is 0 Å². The number of amides is 1. The van der Waals surface area contributed by atoms with Crippen LogP contribution >= 0.6 is 12.4 Å². The molecular formula is C25H36ClN3O7. The number of halogens is 1. The number of aromatic hydroxyl groups is 1. The van der Waals surface area contributed by atoms with Crippen LogP contribution in [-0.2, 0) is 20.8 Å². The van der Waals surface area contributed by atoms with Gasteiger partial charge in [-0.05, 0) is 50.6 Å². The highest BCUT2D eigenvalue weighted by Gasteiger charge is 2.64. The van der Waals surface area contributed by atoms with E-state index in [1.807, 2.05) is 19.0 Å². The Morgan fingerprint density at radius 1 is 1.08 bits per heavy atom. The molecule has 0 saturated heterocycles. The summed E-state index contributed by atoms with van der Waals surface area (Å²) in [6.45, 7) is 0. The van der Waals surface area contributed by atoms with E-state index < -0.39 is 58.0 Å². The maximum atomic E-state index is 13.7. The summed E-state index contributed by atoms with van der Waals surface area (Å²) < 4.78 is 0. The molecule has 0 spiro atoms. The summed E-state index contributed by atoms with van der Waals surface area (Å²) in [5.74, 6) is -6.54. The molecule has 4 atom stereocenters. The van der Waals surface area contributed by atoms with Gasteiger partial charge < -0.3 is 31.1 Å². The number of Topliss-reactive ketones (excluding diaryl/α,β-unsaturated/α-hetero) is 2. The van der Waals surface area contributed by atoms with Crippen LogP contribution in [0.4, 0.5) is 5.69 Å². The van der Waals surface area contributed by atoms with Crippen molar-refractivity contribution in [3.8, 4) is 5.75 Å². The lowest BCUT2D eigenvalue weighted by molar-refractivity contribution is -0.153. The number of carbonyl (C=O) groups is 3. The molecule has 0 bridgehead atoms. The Balaban J connectivity index is 0.00000216. The number of anilines is 1. The molecule has 11 heteroatoms. The molecule has 0 aliphatic heterocycles. The maximum absolute atomic E-state index is 13.7. The van der Waals surface area contributed by atoms with E-state index in [9.17, 15) is 34.8 Å². The monoisotopic (exact) mass is 525 g/mol. The fraction of sp³-hybridized carbons (Fsp3) is 0.480. The summed E-state index contributed by atoms with van der Waals surface area (Å²) >= 11 is 0. The Hall–Kier alpha value is -3.08. The number of hydrogen-bond acceptors (Lipinski definition) is 9. The topological polar surface area (TPSA) is 165 Å². The van der Waals surface area contributed by atoms with Gasteiger partial charge >= 0.3 is 0 Å². The fourth-order valence-electron chi connectivity index (χ4n) is 5.65. The van der Waals surface area contributed by atoms with Crippen LogP contribution < -0.4 is 10.6 Å². The zero-order valence-electron chi connectivity index (χ0n) is 19.2. The maximum Gasteiger partial charge on any atom is 0.255 e. The van der Waals surface area contributed by atoms with E-state index in [4.69, 9.17) is 5.73 Å². The minimum atomic E-state index is -2.63. The van der Waals surface area contributed by atoms with Crippen molar-refractivity contribution < 1.29 is 34.8 Å². The number of aliphatic hydroxyl groups excluding tert-OH is 2. The van der Waals surface area contributed by atoms with Gasteiger partial charge in [-0.1, -0.05) is 14.9 Å². The highest BCUT2D eigenvalue weighted by atomic mass is 35.5. The number of nitrogens with two attached hydrogens (primary N) is 1. The number of rotatable bonds is 3. The van der Waals surface area contributed by atoms with Gasteiger partial charge in [0.1, 0.15) is 22.8 Å². The third-order valence-electron chi connectivity index (χ3n) is 7.06. The van der Waals surface area contributed by atoms with E-state index in [1.54, 1.807) is 20.2 Å². The molecule has 1 fully saturated rings. The van der Waals surface area contributed by atoms with Crippen LogP contribution in [0.2, 0.25) is 0 Å². The molecule has 10 nitrogen and oxygen atoms in total. The Kier molecular flexibility index (Phi) is 8.70. The Morgan fingerprint density at radius 2 is 1.67 bits per heavy atom. The number of benzene rings is 1. The Bertz CT molecular complexity index is 1170. The number of primary amides is 1. The van der Waals surface area contributed by atoms with Crippen molar-refractivity contribution in [3.05, 3.63) is 40.2 Å². The van der Waals surface area contributed by atoms with Crippen molar-refractivity contribution in [2.24, 2.45) is 17.6 Å². The third-order valence-corrected chi connectivity index (χ3v) is 7.06. The number of phenolic OH excluding ortho intramolecular Hbond substituents is 1. The van der Waals surface area contributed by atoms with Crippen LogP contribution in [0.15, 0.2) is 29.0 Å². The van der Waals surface area contributed by atoms with Gasteiger partial charge in [0, 0.05) is 31.3 Å². The average molecular weight is 526 g/mol. The zero-order chi connectivity index (χ0) is 24.6. The van der Waals surface area contributed by atoms with Gasteiger partial charge in [0.2, 0.25) is 5.78 Å². The standard InChI is InChI=1S/C23H27N3O7.2CH4.ClH/c1-25(2)12-5-6-13(27)15-10(12)7-9-8-11-17(26(3)4)19(29)16(22(24)32)21(31)23(11,33)20(30)14(9)18(15)28;;;/h5-6,9,11,17,27-28,31,33H,7-8H2,1-4H3,(H2,24,32);2*1H4;1H/t9-,11-,17-,23-;;;/m0.../s1. The Labute approximate surface area is 217 Å². The van der Waals surface area contributed by atoms with Crippen molar-refractivity contribution in [2.75, 3.05) is 33.1 Å². The van der Waals surface area contributed by atoms with Crippen LogP contribution in [-0.4, -0.2) is 82.6 Å². The molecule has 1 aromatic carbocycles. The van der Waals surface area contributed by atoms with E-state index in [0.717, 1.165) is 5.69 Å². The van der Waals surface area contributed by atoms with Gasteiger partial charge in [0.05, 0.1) is 11.6 Å².